The van der Waals surface area contributed by atoms with E-state index in [-0.39, 0.29) is 17.3 Å². The molecule has 8 heteroatoms. The van der Waals surface area contributed by atoms with Gasteiger partial charge < -0.3 is 4.90 Å². The van der Waals surface area contributed by atoms with Gasteiger partial charge in [-0.05, 0) is 35.8 Å². The molecule has 20 heavy (non-hydrogen) atoms. The monoisotopic (exact) mass is 359 g/mol. The molecule has 1 aliphatic heterocycles. The summed E-state index contributed by atoms with van der Waals surface area (Å²) in [6.07, 6.45) is 1.46. The summed E-state index contributed by atoms with van der Waals surface area (Å²) in [4.78, 5) is 40.9. The molecular formula is C12H11BrClN3O3. The number of aromatic nitrogens is 1. The molecular weight excluding hydrogens is 350 g/mol. The maximum absolute atomic E-state index is 12.5. The molecule has 1 saturated heterocycles. The van der Waals surface area contributed by atoms with E-state index >= 15 is 0 Å². The first kappa shape index (κ1) is 14.9. The molecule has 1 aliphatic rings. The average Bonchev–Trinajstić information content (AvgIpc) is 2.36. The third kappa shape index (κ3) is 2.55. The van der Waals surface area contributed by atoms with Crippen LogP contribution >= 0.6 is 27.5 Å². The van der Waals surface area contributed by atoms with E-state index in [1.807, 2.05) is 0 Å². The van der Waals surface area contributed by atoms with Crippen LogP contribution in [-0.4, -0.2) is 39.7 Å². The van der Waals surface area contributed by atoms with E-state index < -0.39 is 23.3 Å². The predicted octanol–water partition coefficient (Wildman–Crippen LogP) is 1.37. The lowest BCUT2D eigenvalue weighted by molar-refractivity contribution is -0.143. The van der Waals surface area contributed by atoms with Gasteiger partial charge in [-0.15, -0.1) is 0 Å². The highest BCUT2D eigenvalue weighted by Crippen LogP contribution is 2.25. The topological polar surface area (TPSA) is 79.4 Å². The third-order valence-corrected chi connectivity index (χ3v) is 3.80. The molecule has 0 saturated carbocycles. The van der Waals surface area contributed by atoms with Crippen molar-refractivity contribution in [2.75, 3.05) is 6.54 Å². The quantitative estimate of drug-likeness (QED) is 0.606. The summed E-state index contributed by atoms with van der Waals surface area (Å²) in [5, 5.41) is 2.22. The molecule has 1 aromatic heterocycles. The van der Waals surface area contributed by atoms with Crippen molar-refractivity contribution in [2.24, 2.45) is 0 Å². The normalized spacial score (nSPS) is 17.9. The minimum Gasteiger partial charge on any atom is -0.315 e. The number of carbonyl (C=O) groups is 3. The van der Waals surface area contributed by atoms with Crippen molar-refractivity contribution in [3.8, 4) is 0 Å². The molecule has 0 aliphatic carbocycles. The van der Waals surface area contributed by atoms with Gasteiger partial charge >= 0.3 is 0 Å². The van der Waals surface area contributed by atoms with Crippen LogP contribution in [0.15, 0.2) is 16.7 Å². The van der Waals surface area contributed by atoms with E-state index in [4.69, 9.17) is 11.6 Å². The lowest BCUT2D eigenvalue weighted by Crippen LogP contribution is -2.65. The fourth-order valence-corrected chi connectivity index (χ4v) is 2.34. The molecule has 0 atom stereocenters. The van der Waals surface area contributed by atoms with Gasteiger partial charge in [0.15, 0.2) is 0 Å². The van der Waals surface area contributed by atoms with Crippen LogP contribution in [-0.2, 0) is 9.59 Å². The lowest BCUT2D eigenvalue weighted by atomic mass is 9.97. The smallest absolute Gasteiger partial charge is 0.258 e. The number of piperazine rings is 1. The number of imide groups is 1. The lowest BCUT2D eigenvalue weighted by Gasteiger charge is -2.40. The van der Waals surface area contributed by atoms with E-state index in [1.165, 1.54) is 17.2 Å². The van der Waals surface area contributed by atoms with Crippen molar-refractivity contribution < 1.29 is 14.4 Å². The van der Waals surface area contributed by atoms with E-state index in [2.05, 4.69) is 26.2 Å². The highest BCUT2D eigenvalue weighted by Gasteiger charge is 2.44. The van der Waals surface area contributed by atoms with Crippen molar-refractivity contribution in [1.82, 2.24) is 15.2 Å². The van der Waals surface area contributed by atoms with Crippen LogP contribution in [0.25, 0.3) is 0 Å². The van der Waals surface area contributed by atoms with E-state index in [0.717, 1.165) is 0 Å². The standard InChI is InChI=1S/C12H11BrClN3O3/c1-12(2)11(20)16-8(18)5-17(12)10(19)7-3-6(13)4-15-9(7)14/h3-4H,5H2,1-2H3,(H,16,18,20). The Hall–Kier alpha value is -1.47. The highest BCUT2D eigenvalue weighted by molar-refractivity contribution is 9.10. The number of nitrogens with zero attached hydrogens (tertiary/aromatic N) is 2. The van der Waals surface area contributed by atoms with Gasteiger partial charge in [0.25, 0.3) is 11.8 Å². The summed E-state index contributed by atoms with van der Waals surface area (Å²) in [5.74, 6) is -1.57. The van der Waals surface area contributed by atoms with Gasteiger partial charge in [0.2, 0.25) is 5.91 Å². The number of hydrogen-bond acceptors (Lipinski definition) is 4. The Morgan fingerprint density at radius 2 is 2.15 bits per heavy atom. The van der Waals surface area contributed by atoms with Crippen molar-refractivity contribution in [1.29, 1.82) is 0 Å². The molecule has 0 radical (unpaired) electrons. The molecule has 0 bridgehead atoms. The Kier molecular flexibility index (Phi) is 3.84. The zero-order chi connectivity index (χ0) is 15.1. The van der Waals surface area contributed by atoms with E-state index in [0.29, 0.717) is 4.47 Å². The Morgan fingerprint density at radius 1 is 1.50 bits per heavy atom. The molecule has 106 valence electrons. The summed E-state index contributed by atoms with van der Waals surface area (Å²) in [7, 11) is 0. The number of nitrogens with one attached hydrogen (secondary N) is 1. The second-order valence-corrected chi connectivity index (χ2v) is 6.09. The predicted molar refractivity (Wildman–Crippen MR) is 75.2 cm³/mol. The fraction of sp³-hybridized carbons (Fsp3) is 0.333. The number of pyridine rings is 1. The van der Waals surface area contributed by atoms with Crippen molar-refractivity contribution >= 4 is 45.3 Å². The van der Waals surface area contributed by atoms with E-state index in [9.17, 15) is 14.4 Å². The summed E-state index contributed by atoms with van der Waals surface area (Å²) < 4.78 is 0.579. The number of carbonyl (C=O) groups excluding carboxylic acids is 3. The summed E-state index contributed by atoms with van der Waals surface area (Å²) >= 11 is 9.11. The number of amides is 3. The molecule has 0 aromatic carbocycles. The van der Waals surface area contributed by atoms with E-state index in [1.54, 1.807) is 13.8 Å². The molecule has 0 spiro atoms. The molecule has 0 unspecified atom stereocenters. The van der Waals surface area contributed by atoms with Crippen LogP contribution in [0.3, 0.4) is 0 Å². The first-order valence-corrected chi connectivity index (χ1v) is 6.88. The minimum atomic E-state index is -1.14. The Balaban J connectivity index is 2.43. The summed E-state index contributed by atoms with van der Waals surface area (Å²) in [6, 6.07) is 1.50. The first-order valence-electron chi connectivity index (χ1n) is 5.71. The second kappa shape index (κ2) is 5.14. The van der Waals surface area contributed by atoms with Crippen molar-refractivity contribution in [3.63, 3.8) is 0 Å². The molecule has 2 rings (SSSR count). The summed E-state index contributed by atoms with van der Waals surface area (Å²) in [5.41, 5.74) is -1.01. The molecule has 1 fully saturated rings. The first-order chi connectivity index (χ1) is 9.23. The molecule has 1 aromatic rings. The summed E-state index contributed by atoms with van der Waals surface area (Å²) in [6.45, 7) is 2.92. The second-order valence-electron chi connectivity index (χ2n) is 4.82. The zero-order valence-electron chi connectivity index (χ0n) is 10.7. The Bertz CT molecular complexity index is 618. The van der Waals surface area contributed by atoms with Gasteiger partial charge in [-0.3, -0.25) is 19.7 Å². The van der Waals surface area contributed by atoms with Crippen LogP contribution in [0.1, 0.15) is 24.2 Å². The molecule has 1 N–H and O–H groups in total. The van der Waals surface area contributed by atoms with Crippen LogP contribution < -0.4 is 5.32 Å². The van der Waals surface area contributed by atoms with Gasteiger partial charge in [-0.25, -0.2) is 4.98 Å². The zero-order valence-corrected chi connectivity index (χ0v) is 13.1. The largest absolute Gasteiger partial charge is 0.315 e. The van der Waals surface area contributed by atoms with Gasteiger partial charge in [0.05, 0.1) is 5.56 Å². The highest BCUT2D eigenvalue weighted by atomic mass is 79.9. The third-order valence-electron chi connectivity index (χ3n) is 3.07. The number of halogens is 2. The molecule has 2 heterocycles. The van der Waals surface area contributed by atoms with Crippen LogP contribution in [0.5, 0.6) is 0 Å². The molecule has 3 amide bonds. The SMILES string of the molecule is CC1(C)C(=O)NC(=O)CN1C(=O)c1cc(Br)cnc1Cl. The average molecular weight is 361 g/mol. The van der Waals surface area contributed by atoms with Crippen molar-refractivity contribution in [2.45, 2.75) is 19.4 Å². The Morgan fingerprint density at radius 3 is 2.80 bits per heavy atom. The van der Waals surface area contributed by atoms with Gasteiger partial charge in [0.1, 0.15) is 17.2 Å². The van der Waals surface area contributed by atoms with Gasteiger partial charge in [-0.1, -0.05) is 11.6 Å². The van der Waals surface area contributed by atoms with Crippen LogP contribution in [0, 0.1) is 0 Å². The number of hydrogen-bond donors (Lipinski definition) is 1. The molecule has 6 nitrogen and oxygen atoms in total. The number of rotatable bonds is 1. The van der Waals surface area contributed by atoms with Crippen molar-refractivity contribution in [3.05, 3.63) is 27.5 Å². The van der Waals surface area contributed by atoms with Gasteiger partial charge in [0, 0.05) is 10.7 Å². The van der Waals surface area contributed by atoms with Gasteiger partial charge in [-0.2, -0.15) is 0 Å². The maximum Gasteiger partial charge on any atom is 0.258 e. The maximum atomic E-state index is 12.5. The minimum absolute atomic E-state index is 0.0208. The Labute approximate surface area is 128 Å². The fourth-order valence-electron chi connectivity index (χ4n) is 1.83. The van der Waals surface area contributed by atoms with Crippen LogP contribution in [0.4, 0.5) is 0 Å². The van der Waals surface area contributed by atoms with Crippen LogP contribution in [0.2, 0.25) is 5.15 Å².